The lowest BCUT2D eigenvalue weighted by Crippen LogP contribution is -2.21. The Morgan fingerprint density at radius 2 is 1.90 bits per heavy atom. The molecule has 3 aromatic rings. The van der Waals surface area contributed by atoms with Gasteiger partial charge in [0, 0.05) is 6.07 Å². The fourth-order valence-electron chi connectivity index (χ4n) is 2.99. The quantitative estimate of drug-likeness (QED) is 0.405. The zero-order valence-electron chi connectivity index (χ0n) is 15.3. The zero-order valence-corrected chi connectivity index (χ0v) is 15.3. The Hall–Kier alpha value is -4.20. The molecule has 2 aromatic carbocycles. The van der Waals surface area contributed by atoms with E-state index in [9.17, 15) is 20.0 Å². The van der Waals surface area contributed by atoms with E-state index in [1.54, 1.807) is 37.3 Å². The Kier molecular flexibility index (Phi) is 4.44. The first-order valence-electron chi connectivity index (χ1n) is 8.68. The molecule has 4 rings (SSSR count). The van der Waals surface area contributed by atoms with Crippen LogP contribution in [0.3, 0.4) is 0 Å². The van der Waals surface area contributed by atoms with Crippen molar-refractivity contribution in [2.24, 2.45) is 5.10 Å². The van der Waals surface area contributed by atoms with E-state index in [0.717, 1.165) is 6.07 Å². The van der Waals surface area contributed by atoms with E-state index in [1.165, 1.54) is 17.1 Å². The van der Waals surface area contributed by atoms with Gasteiger partial charge in [-0.05, 0) is 43.3 Å². The minimum atomic E-state index is -0.589. The Morgan fingerprint density at radius 3 is 2.59 bits per heavy atom. The molecule has 1 aliphatic heterocycles. The average Bonchev–Trinajstić information content (AvgIpc) is 3.28. The molecule has 1 aromatic heterocycles. The molecule has 29 heavy (non-hydrogen) atoms. The molecule has 0 saturated heterocycles. The molecule has 0 radical (unpaired) electrons. The second kappa shape index (κ2) is 7.08. The van der Waals surface area contributed by atoms with Gasteiger partial charge in [0.1, 0.15) is 17.3 Å². The number of nitro groups is 1. The van der Waals surface area contributed by atoms with Crippen LogP contribution in [-0.2, 0) is 4.79 Å². The summed E-state index contributed by atoms with van der Waals surface area (Å²) < 4.78 is 5.72. The van der Waals surface area contributed by atoms with Crippen LogP contribution < -0.4 is 5.01 Å². The monoisotopic (exact) mass is 389 g/mol. The number of anilines is 1. The minimum Gasteiger partial charge on any atom is -0.507 e. The topological polar surface area (TPSA) is 109 Å². The Balaban J connectivity index is 1.62. The first kappa shape index (κ1) is 18.2. The Morgan fingerprint density at radius 1 is 1.14 bits per heavy atom. The summed E-state index contributed by atoms with van der Waals surface area (Å²) in [6, 6.07) is 16.1. The number of nitrogens with zero attached hydrogens (tertiary/aromatic N) is 3. The van der Waals surface area contributed by atoms with Crippen LogP contribution in [0, 0.1) is 10.1 Å². The van der Waals surface area contributed by atoms with Crippen LogP contribution >= 0.6 is 0 Å². The molecule has 1 aliphatic rings. The maximum absolute atomic E-state index is 12.8. The number of phenolic OH excluding ortho intramolecular Hbond substituents is 1. The number of phenols is 1. The third kappa shape index (κ3) is 3.39. The fraction of sp³-hybridized carbons (Fsp3) is 0.0476. The predicted octanol–water partition coefficient (Wildman–Crippen LogP) is 4.37. The first-order valence-corrected chi connectivity index (χ1v) is 8.68. The van der Waals surface area contributed by atoms with Crippen LogP contribution in [0.2, 0.25) is 0 Å². The van der Waals surface area contributed by atoms with E-state index in [0.29, 0.717) is 34.1 Å². The second-order valence-electron chi connectivity index (χ2n) is 6.36. The molecule has 1 amide bonds. The summed E-state index contributed by atoms with van der Waals surface area (Å²) in [5, 5.41) is 26.5. The van der Waals surface area contributed by atoms with Crippen molar-refractivity contribution in [2.75, 3.05) is 5.01 Å². The minimum absolute atomic E-state index is 0.218. The van der Waals surface area contributed by atoms with Gasteiger partial charge in [0.2, 0.25) is 0 Å². The van der Waals surface area contributed by atoms with Crippen LogP contribution in [0.5, 0.6) is 5.75 Å². The van der Waals surface area contributed by atoms with E-state index in [4.69, 9.17) is 4.42 Å². The summed E-state index contributed by atoms with van der Waals surface area (Å²) in [5.41, 5.74) is 1.70. The number of amides is 1. The van der Waals surface area contributed by atoms with Crippen LogP contribution in [0.1, 0.15) is 12.7 Å². The van der Waals surface area contributed by atoms with E-state index in [1.807, 2.05) is 18.2 Å². The summed E-state index contributed by atoms with van der Waals surface area (Å²) in [7, 11) is 0. The van der Waals surface area contributed by atoms with Crippen molar-refractivity contribution in [3.05, 3.63) is 82.1 Å². The number of benzene rings is 2. The number of para-hydroxylation sites is 1. The van der Waals surface area contributed by atoms with Crippen molar-refractivity contribution in [1.29, 1.82) is 0 Å². The summed E-state index contributed by atoms with van der Waals surface area (Å²) in [6.45, 7) is 1.73. The molecule has 0 unspecified atom stereocenters. The fourth-order valence-corrected chi connectivity index (χ4v) is 2.99. The summed E-state index contributed by atoms with van der Waals surface area (Å²) in [4.78, 5) is 23.0. The number of rotatable bonds is 4. The van der Waals surface area contributed by atoms with Crippen molar-refractivity contribution >= 4 is 29.1 Å². The van der Waals surface area contributed by atoms with E-state index < -0.39 is 4.92 Å². The maximum Gasteiger partial charge on any atom is 0.280 e. The van der Waals surface area contributed by atoms with Gasteiger partial charge in [-0.2, -0.15) is 10.1 Å². The van der Waals surface area contributed by atoms with Crippen LogP contribution in [0.4, 0.5) is 11.4 Å². The lowest BCUT2D eigenvalue weighted by molar-refractivity contribution is -0.384. The normalized spacial score (nSPS) is 15.1. The van der Waals surface area contributed by atoms with E-state index in [-0.39, 0.29) is 17.3 Å². The van der Waals surface area contributed by atoms with Gasteiger partial charge in [-0.15, -0.1) is 0 Å². The molecule has 144 valence electrons. The Bertz CT molecular complexity index is 1180. The van der Waals surface area contributed by atoms with Gasteiger partial charge in [-0.25, -0.2) is 0 Å². The Labute approximate surface area is 165 Å². The number of carbonyl (C=O) groups excluding carboxylic acids is 1. The third-order valence-corrected chi connectivity index (χ3v) is 4.43. The standard InChI is InChI=1S/C21H15N3O5/c1-13-18(21(26)23(22-13)14-5-3-2-4-6-14)12-16-8-10-20(29-16)17-9-7-15(24(27)28)11-19(17)25/h2-12,25H,1H3/b18-12-. The lowest BCUT2D eigenvalue weighted by atomic mass is 10.1. The van der Waals surface area contributed by atoms with Crippen molar-refractivity contribution in [2.45, 2.75) is 6.92 Å². The van der Waals surface area contributed by atoms with Gasteiger partial charge in [-0.3, -0.25) is 14.9 Å². The lowest BCUT2D eigenvalue weighted by Gasteiger charge is -2.10. The molecule has 8 heteroatoms. The summed E-state index contributed by atoms with van der Waals surface area (Å²) in [5.74, 6) is 0.178. The predicted molar refractivity (Wildman–Crippen MR) is 107 cm³/mol. The van der Waals surface area contributed by atoms with E-state index in [2.05, 4.69) is 5.10 Å². The van der Waals surface area contributed by atoms with Gasteiger partial charge in [-0.1, -0.05) is 18.2 Å². The number of carbonyl (C=O) groups is 1. The first-order chi connectivity index (χ1) is 13.9. The molecule has 0 spiro atoms. The van der Waals surface area contributed by atoms with Crippen molar-refractivity contribution in [1.82, 2.24) is 0 Å². The van der Waals surface area contributed by atoms with Crippen LogP contribution in [0.25, 0.3) is 17.4 Å². The molecule has 8 nitrogen and oxygen atoms in total. The maximum atomic E-state index is 12.8. The SMILES string of the molecule is CC1=NN(c2ccccc2)C(=O)/C1=C\c1ccc(-c2ccc([N+](=O)[O-])cc2O)o1. The highest BCUT2D eigenvalue weighted by molar-refractivity contribution is 6.32. The molecule has 0 aliphatic carbocycles. The molecule has 1 N–H and O–H groups in total. The largest absolute Gasteiger partial charge is 0.507 e. The van der Waals surface area contributed by atoms with Crippen LogP contribution in [-0.4, -0.2) is 21.6 Å². The highest BCUT2D eigenvalue weighted by Crippen LogP contribution is 2.34. The second-order valence-corrected chi connectivity index (χ2v) is 6.36. The van der Waals surface area contributed by atoms with Gasteiger partial charge >= 0.3 is 0 Å². The average molecular weight is 389 g/mol. The van der Waals surface area contributed by atoms with Crippen molar-refractivity contribution in [3.63, 3.8) is 0 Å². The van der Waals surface area contributed by atoms with Crippen molar-refractivity contribution < 1.29 is 19.2 Å². The van der Waals surface area contributed by atoms with Gasteiger partial charge < -0.3 is 9.52 Å². The van der Waals surface area contributed by atoms with Crippen LogP contribution in [0.15, 0.2) is 75.8 Å². The smallest absolute Gasteiger partial charge is 0.280 e. The molecule has 0 atom stereocenters. The molecular formula is C21H15N3O5. The van der Waals surface area contributed by atoms with Gasteiger partial charge in [0.15, 0.2) is 0 Å². The molecule has 0 fully saturated rings. The third-order valence-electron chi connectivity index (χ3n) is 4.43. The zero-order chi connectivity index (χ0) is 20.5. The number of hydrazone groups is 1. The molecular weight excluding hydrogens is 374 g/mol. The molecule has 0 bridgehead atoms. The number of hydrogen-bond donors (Lipinski definition) is 1. The highest BCUT2D eigenvalue weighted by Gasteiger charge is 2.29. The molecule has 2 heterocycles. The summed E-state index contributed by atoms with van der Waals surface area (Å²) >= 11 is 0. The molecule has 0 saturated carbocycles. The number of nitro benzene ring substituents is 1. The van der Waals surface area contributed by atoms with E-state index >= 15 is 0 Å². The van der Waals surface area contributed by atoms with Crippen molar-refractivity contribution in [3.8, 4) is 17.1 Å². The number of non-ortho nitro benzene ring substituents is 1. The van der Waals surface area contributed by atoms with Gasteiger partial charge in [0.25, 0.3) is 11.6 Å². The highest BCUT2D eigenvalue weighted by atomic mass is 16.6. The number of hydrogen-bond acceptors (Lipinski definition) is 6. The van der Waals surface area contributed by atoms with Gasteiger partial charge in [0.05, 0.1) is 33.5 Å². The number of aromatic hydroxyl groups is 1. The summed E-state index contributed by atoms with van der Waals surface area (Å²) in [6.07, 6.45) is 1.58. The number of furan rings is 1.